The molecule has 1 N–H and O–H groups in total. The number of nitro benzene ring substituents is 1. The third-order valence-electron chi connectivity index (χ3n) is 2.60. The van der Waals surface area contributed by atoms with E-state index in [1.807, 2.05) is 13.8 Å². The van der Waals surface area contributed by atoms with Crippen molar-refractivity contribution in [1.82, 2.24) is 0 Å². The number of benzene rings is 1. The van der Waals surface area contributed by atoms with E-state index in [1.54, 1.807) is 0 Å². The zero-order valence-electron chi connectivity index (χ0n) is 12.1. The summed E-state index contributed by atoms with van der Waals surface area (Å²) in [5.74, 6) is -0.661. The van der Waals surface area contributed by atoms with E-state index in [-0.39, 0.29) is 23.4 Å². The Kier molecular flexibility index (Phi) is 6.45. The monoisotopic (exact) mass is 297 g/mol. The van der Waals surface area contributed by atoms with Crippen molar-refractivity contribution in [2.45, 2.75) is 33.1 Å². The Hall–Kier alpha value is -2.31. The van der Waals surface area contributed by atoms with Gasteiger partial charge in [-0.2, -0.15) is 0 Å². The van der Waals surface area contributed by atoms with E-state index < -0.39 is 10.9 Å². The van der Waals surface area contributed by atoms with Crippen LogP contribution in [0.4, 0.5) is 5.69 Å². The van der Waals surface area contributed by atoms with Gasteiger partial charge in [0.15, 0.2) is 0 Å². The summed E-state index contributed by atoms with van der Waals surface area (Å²) in [7, 11) is 0. The van der Waals surface area contributed by atoms with Crippen molar-refractivity contribution >= 4 is 11.7 Å². The van der Waals surface area contributed by atoms with Crippen LogP contribution in [0.1, 0.15) is 32.3 Å². The summed E-state index contributed by atoms with van der Waals surface area (Å²) in [6.45, 7) is 4.54. The van der Waals surface area contributed by atoms with Crippen LogP contribution in [0.3, 0.4) is 0 Å². The minimum Gasteiger partial charge on any atom is -0.493 e. The fraction of sp³-hybridized carbons (Fsp3) is 0.500. The number of aliphatic carboxylic acids is 1. The second kappa shape index (κ2) is 8.08. The maximum absolute atomic E-state index is 11.1. The third-order valence-corrected chi connectivity index (χ3v) is 2.60. The van der Waals surface area contributed by atoms with Crippen LogP contribution in [0.5, 0.6) is 11.5 Å². The maximum atomic E-state index is 11.1. The first-order valence-electron chi connectivity index (χ1n) is 6.78. The summed E-state index contributed by atoms with van der Waals surface area (Å²) in [6, 6.07) is 2.62. The molecule has 0 aliphatic carbocycles. The molecular weight excluding hydrogens is 278 g/mol. The van der Waals surface area contributed by atoms with E-state index in [1.165, 1.54) is 12.1 Å². The summed E-state index contributed by atoms with van der Waals surface area (Å²) in [5, 5.41) is 20.0. The smallest absolute Gasteiger partial charge is 0.311 e. The lowest BCUT2D eigenvalue weighted by molar-refractivity contribution is -0.385. The van der Waals surface area contributed by atoms with Gasteiger partial charge in [-0.05, 0) is 12.8 Å². The number of ether oxygens (including phenoxy) is 2. The SMILES string of the molecule is CCCOc1cc(OCCC)c([N+](=O)[O-])cc1CC(=O)O. The van der Waals surface area contributed by atoms with Gasteiger partial charge in [-0.15, -0.1) is 0 Å². The number of carboxylic acids is 1. The Morgan fingerprint density at radius 2 is 1.76 bits per heavy atom. The van der Waals surface area contributed by atoms with Crippen molar-refractivity contribution in [2.24, 2.45) is 0 Å². The zero-order valence-corrected chi connectivity index (χ0v) is 12.1. The van der Waals surface area contributed by atoms with Crippen LogP contribution in [0, 0.1) is 10.1 Å². The van der Waals surface area contributed by atoms with Crippen LogP contribution in [0.25, 0.3) is 0 Å². The summed E-state index contributed by atoms with van der Waals surface area (Å²) in [5.41, 5.74) is 0.0232. The van der Waals surface area contributed by atoms with Gasteiger partial charge in [0.2, 0.25) is 5.75 Å². The average molecular weight is 297 g/mol. The lowest BCUT2D eigenvalue weighted by atomic mass is 10.1. The van der Waals surface area contributed by atoms with Crippen molar-refractivity contribution in [3.8, 4) is 11.5 Å². The summed E-state index contributed by atoms with van der Waals surface area (Å²) in [4.78, 5) is 21.4. The van der Waals surface area contributed by atoms with Crippen molar-refractivity contribution < 1.29 is 24.3 Å². The van der Waals surface area contributed by atoms with E-state index in [9.17, 15) is 14.9 Å². The highest BCUT2D eigenvalue weighted by Crippen LogP contribution is 2.35. The molecule has 7 heteroatoms. The number of rotatable bonds is 9. The number of nitrogens with zero attached hydrogens (tertiary/aromatic N) is 1. The number of hydrogen-bond donors (Lipinski definition) is 1. The number of carbonyl (C=O) groups is 1. The van der Waals surface area contributed by atoms with Crippen molar-refractivity contribution in [1.29, 1.82) is 0 Å². The Balaban J connectivity index is 3.23. The van der Waals surface area contributed by atoms with Crippen LogP contribution >= 0.6 is 0 Å². The van der Waals surface area contributed by atoms with E-state index in [0.717, 1.165) is 6.42 Å². The third kappa shape index (κ3) is 4.94. The van der Waals surface area contributed by atoms with E-state index in [2.05, 4.69) is 0 Å². The first kappa shape index (κ1) is 16.7. The van der Waals surface area contributed by atoms with Crippen LogP contribution < -0.4 is 9.47 Å². The van der Waals surface area contributed by atoms with Gasteiger partial charge in [0.25, 0.3) is 0 Å². The lowest BCUT2D eigenvalue weighted by Crippen LogP contribution is -2.07. The molecule has 1 aromatic rings. The van der Waals surface area contributed by atoms with Gasteiger partial charge in [-0.3, -0.25) is 14.9 Å². The molecular formula is C14H19NO6. The molecule has 1 rings (SSSR count). The number of carboxylic acid groups (broad SMARTS) is 1. The topological polar surface area (TPSA) is 98.9 Å². The standard InChI is InChI=1S/C14H19NO6/c1-3-5-20-12-9-13(21-6-4-2)11(15(18)19)7-10(12)8-14(16)17/h7,9H,3-6,8H2,1-2H3,(H,16,17). The molecule has 0 unspecified atom stereocenters. The fourth-order valence-electron chi connectivity index (χ4n) is 1.71. The van der Waals surface area contributed by atoms with Gasteiger partial charge in [0, 0.05) is 17.7 Å². The highest BCUT2D eigenvalue weighted by Gasteiger charge is 2.21. The predicted molar refractivity (Wildman–Crippen MR) is 76.0 cm³/mol. The molecule has 1 aromatic carbocycles. The van der Waals surface area contributed by atoms with Gasteiger partial charge >= 0.3 is 11.7 Å². The van der Waals surface area contributed by atoms with Gasteiger partial charge in [0.1, 0.15) is 5.75 Å². The van der Waals surface area contributed by atoms with E-state index >= 15 is 0 Å². The molecule has 21 heavy (non-hydrogen) atoms. The van der Waals surface area contributed by atoms with Gasteiger partial charge in [-0.25, -0.2) is 0 Å². The van der Waals surface area contributed by atoms with Crippen LogP contribution in [-0.4, -0.2) is 29.2 Å². The summed E-state index contributed by atoms with van der Waals surface area (Å²) >= 11 is 0. The molecule has 7 nitrogen and oxygen atoms in total. The molecule has 0 aliphatic rings. The molecule has 0 saturated carbocycles. The second-order valence-corrected chi connectivity index (χ2v) is 4.45. The van der Waals surface area contributed by atoms with E-state index in [4.69, 9.17) is 14.6 Å². The highest BCUT2D eigenvalue weighted by atomic mass is 16.6. The highest BCUT2D eigenvalue weighted by molar-refractivity contribution is 5.72. The largest absolute Gasteiger partial charge is 0.493 e. The molecule has 0 aromatic heterocycles. The molecule has 0 spiro atoms. The van der Waals surface area contributed by atoms with Gasteiger partial charge in [-0.1, -0.05) is 13.8 Å². The van der Waals surface area contributed by atoms with Crippen LogP contribution in [0.15, 0.2) is 12.1 Å². The molecule has 0 atom stereocenters. The van der Waals surface area contributed by atoms with E-state index in [0.29, 0.717) is 25.4 Å². The maximum Gasteiger partial charge on any atom is 0.311 e. The van der Waals surface area contributed by atoms with Crippen molar-refractivity contribution in [2.75, 3.05) is 13.2 Å². The zero-order chi connectivity index (χ0) is 15.8. The van der Waals surface area contributed by atoms with Gasteiger partial charge < -0.3 is 14.6 Å². The second-order valence-electron chi connectivity index (χ2n) is 4.45. The Morgan fingerprint density at radius 1 is 1.19 bits per heavy atom. The quantitative estimate of drug-likeness (QED) is 0.556. The predicted octanol–water partition coefficient (Wildman–Crippen LogP) is 2.80. The molecule has 0 saturated heterocycles. The Morgan fingerprint density at radius 3 is 2.24 bits per heavy atom. The first-order valence-corrected chi connectivity index (χ1v) is 6.78. The average Bonchev–Trinajstić information content (AvgIpc) is 2.43. The molecule has 0 amide bonds. The Labute approximate surface area is 122 Å². The Bertz CT molecular complexity index is 514. The van der Waals surface area contributed by atoms with Crippen molar-refractivity contribution in [3.63, 3.8) is 0 Å². The number of hydrogen-bond acceptors (Lipinski definition) is 5. The molecule has 0 aliphatic heterocycles. The summed E-state index contributed by atoms with van der Waals surface area (Å²) in [6.07, 6.45) is 1.11. The molecule has 0 bridgehead atoms. The summed E-state index contributed by atoms with van der Waals surface area (Å²) < 4.78 is 10.8. The molecule has 0 fully saturated rings. The molecule has 116 valence electrons. The lowest BCUT2D eigenvalue weighted by Gasteiger charge is -2.13. The van der Waals surface area contributed by atoms with Crippen LogP contribution in [-0.2, 0) is 11.2 Å². The first-order chi connectivity index (χ1) is 9.99. The molecule has 0 heterocycles. The number of nitro groups is 1. The van der Waals surface area contributed by atoms with Crippen LogP contribution in [0.2, 0.25) is 0 Å². The fourth-order valence-corrected chi connectivity index (χ4v) is 1.71. The minimum atomic E-state index is -1.08. The molecule has 0 radical (unpaired) electrons. The normalized spacial score (nSPS) is 10.2. The van der Waals surface area contributed by atoms with Gasteiger partial charge in [0.05, 0.1) is 24.6 Å². The van der Waals surface area contributed by atoms with Crippen molar-refractivity contribution in [3.05, 3.63) is 27.8 Å². The minimum absolute atomic E-state index is 0.0992.